The summed E-state index contributed by atoms with van der Waals surface area (Å²) in [4.78, 5) is 4.27. The van der Waals surface area contributed by atoms with Crippen LogP contribution in [-0.4, -0.2) is 17.6 Å². The summed E-state index contributed by atoms with van der Waals surface area (Å²) in [5.41, 5.74) is 8.04. The fourth-order valence-corrected chi connectivity index (χ4v) is 2.27. The van der Waals surface area contributed by atoms with Gasteiger partial charge in [-0.15, -0.1) is 0 Å². The van der Waals surface area contributed by atoms with Gasteiger partial charge in [-0.05, 0) is 36.8 Å². The number of hydrogen-bond donors (Lipinski definition) is 1. The first-order valence-corrected chi connectivity index (χ1v) is 7.07. The van der Waals surface area contributed by atoms with Gasteiger partial charge in [-0.2, -0.15) is 0 Å². The molecule has 4 heteroatoms. The number of pyridine rings is 1. The molecule has 0 saturated heterocycles. The van der Waals surface area contributed by atoms with E-state index in [9.17, 15) is 0 Å². The van der Waals surface area contributed by atoms with Crippen LogP contribution in [0.3, 0.4) is 0 Å². The lowest BCUT2D eigenvalue weighted by Gasteiger charge is -2.22. The van der Waals surface area contributed by atoms with Crippen molar-refractivity contribution in [1.29, 1.82) is 0 Å². The minimum absolute atomic E-state index is 0.0998. The Hall–Kier alpha value is -1.42. The van der Waals surface area contributed by atoms with Crippen molar-refractivity contribution in [2.75, 3.05) is 6.61 Å². The second-order valence-corrected chi connectivity index (χ2v) is 5.21. The molecule has 0 amide bonds. The first-order chi connectivity index (χ1) is 9.66. The number of nitrogens with zero attached hydrogens (tertiary/aromatic N) is 1. The van der Waals surface area contributed by atoms with Crippen LogP contribution in [-0.2, 0) is 11.2 Å². The lowest BCUT2D eigenvalue weighted by molar-refractivity contribution is 0.0400. The van der Waals surface area contributed by atoms with E-state index >= 15 is 0 Å². The molecule has 0 aliphatic carbocycles. The first-order valence-electron chi connectivity index (χ1n) is 6.69. The molecule has 2 rings (SSSR count). The summed E-state index contributed by atoms with van der Waals surface area (Å²) >= 11 is 6.02. The number of hydrogen-bond acceptors (Lipinski definition) is 3. The van der Waals surface area contributed by atoms with E-state index in [1.165, 1.54) is 0 Å². The van der Waals surface area contributed by atoms with Gasteiger partial charge in [0.05, 0.1) is 12.7 Å². The Balaban J connectivity index is 1.96. The van der Waals surface area contributed by atoms with Crippen LogP contribution in [0, 0.1) is 0 Å². The zero-order valence-electron chi connectivity index (χ0n) is 11.5. The van der Waals surface area contributed by atoms with E-state index < -0.39 is 0 Å². The summed E-state index contributed by atoms with van der Waals surface area (Å²) in [5.74, 6) is 0. The predicted molar refractivity (Wildman–Crippen MR) is 81.7 cm³/mol. The molecule has 0 fully saturated rings. The fourth-order valence-electron chi connectivity index (χ4n) is 2.07. The SMILES string of the molecule is CC(N)C(OCCc1ccccn1)c1cccc(Cl)c1. The number of benzene rings is 1. The van der Waals surface area contributed by atoms with Crippen LogP contribution in [0.4, 0.5) is 0 Å². The van der Waals surface area contributed by atoms with Crippen LogP contribution in [0.2, 0.25) is 5.02 Å². The minimum atomic E-state index is -0.155. The Morgan fingerprint density at radius 2 is 2.10 bits per heavy atom. The Morgan fingerprint density at radius 3 is 2.75 bits per heavy atom. The van der Waals surface area contributed by atoms with Gasteiger partial charge in [0, 0.05) is 29.4 Å². The van der Waals surface area contributed by atoms with Crippen LogP contribution in [0.1, 0.15) is 24.3 Å². The molecule has 2 atom stereocenters. The minimum Gasteiger partial charge on any atom is -0.372 e. The van der Waals surface area contributed by atoms with Crippen molar-refractivity contribution >= 4 is 11.6 Å². The normalized spacial score (nSPS) is 13.9. The topological polar surface area (TPSA) is 48.1 Å². The molecule has 0 bridgehead atoms. The van der Waals surface area contributed by atoms with Crippen molar-refractivity contribution in [2.24, 2.45) is 5.73 Å². The molecule has 1 aromatic heterocycles. The molecule has 0 saturated carbocycles. The van der Waals surface area contributed by atoms with E-state index in [1.54, 1.807) is 6.20 Å². The standard InChI is InChI=1S/C16H19ClN2O/c1-12(18)16(13-5-4-6-14(17)11-13)20-10-8-15-7-2-3-9-19-15/h2-7,9,11-12,16H,8,10,18H2,1H3. The van der Waals surface area contributed by atoms with Crippen molar-refractivity contribution in [3.05, 3.63) is 64.9 Å². The van der Waals surface area contributed by atoms with Crippen molar-refractivity contribution in [1.82, 2.24) is 4.98 Å². The monoisotopic (exact) mass is 290 g/mol. The van der Waals surface area contributed by atoms with E-state index in [4.69, 9.17) is 22.1 Å². The van der Waals surface area contributed by atoms with Gasteiger partial charge < -0.3 is 10.5 Å². The molecule has 3 nitrogen and oxygen atoms in total. The van der Waals surface area contributed by atoms with E-state index in [-0.39, 0.29) is 12.1 Å². The molecule has 1 aromatic carbocycles. The smallest absolute Gasteiger partial charge is 0.0973 e. The van der Waals surface area contributed by atoms with Gasteiger partial charge in [-0.1, -0.05) is 29.8 Å². The quantitative estimate of drug-likeness (QED) is 0.887. The Morgan fingerprint density at radius 1 is 1.25 bits per heavy atom. The summed E-state index contributed by atoms with van der Waals surface area (Å²) in [7, 11) is 0. The molecule has 1 heterocycles. The molecule has 0 aliphatic rings. The molecule has 2 unspecified atom stereocenters. The molecule has 2 N–H and O–H groups in total. The van der Waals surface area contributed by atoms with E-state index in [0.717, 1.165) is 17.7 Å². The third-order valence-electron chi connectivity index (χ3n) is 3.04. The highest BCUT2D eigenvalue weighted by Crippen LogP contribution is 2.23. The molecular weight excluding hydrogens is 272 g/mol. The number of ether oxygens (including phenoxy) is 1. The van der Waals surface area contributed by atoms with Gasteiger partial charge >= 0.3 is 0 Å². The average Bonchev–Trinajstić information content (AvgIpc) is 2.44. The third kappa shape index (κ3) is 4.30. The fraction of sp³-hybridized carbons (Fsp3) is 0.312. The van der Waals surface area contributed by atoms with Crippen molar-refractivity contribution < 1.29 is 4.74 Å². The lowest BCUT2D eigenvalue weighted by Crippen LogP contribution is -2.27. The second kappa shape index (κ2) is 7.39. The second-order valence-electron chi connectivity index (χ2n) is 4.78. The predicted octanol–water partition coefficient (Wildman–Crippen LogP) is 3.38. The molecule has 2 aromatic rings. The molecule has 0 spiro atoms. The van der Waals surface area contributed by atoms with Gasteiger partial charge in [-0.3, -0.25) is 4.98 Å². The summed E-state index contributed by atoms with van der Waals surface area (Å²) in [6.07, 6.45) is 2.40. The van der Waals surface area contributed by atoms with Crippen molar-refractivity contribution in [3.63, 3.8) is 0 Å². The number of rotatable bonds is 6. The molecule has 0 aliphatic heterocycles. The average molecular weight is 291 g/mol. The van der Waals surface area contributed by atoms with Gasteiger partial charge in [-0.25, -0.2) is 0 Å². The van der Waals surface area contributed by atoms with Gasteiger partial charge in [0.2, 0.25) is 0 Å². The van der Waals surface area contributed by atoms with Crippen LogP contribution >= 0.6 is 11.6 Å². The highest BCUT2D eigenvalue weighted by Gasteiger charge is 2.17. The largest absolute Gasteiger partial charge is 0.372 e. The van der Waals surface area contributed by atoms with E-state index in [1.807, 2.05) is 49.4 Å². The van der Waals surface area contributed by atoms with E-state index in [2.05, 4.69) is 4.98 Å². The zero-order chi connectivity index (χ0) is 14.4. The number of halogens is 1. The highest BCUT2D eigenvalue weighted by molar-refractivity contribution is 6.30. The summed E-state index contributed by atoms with van der Waals surface area (Å²) in [6.45, 7) is 2.52. The maximum absolute atomic E-state index is 6.02. The third-order valence-corrected chi connectivity index (χ3v) is 3.27. The molecule has 20 heavy (non-hydrogen) atoms. The van der Waals surface area contributed by atoms with Crippen molar-refractivity contribution in [2.45, 2.75) is 25.5 Å². The maximum Gasteiger partial charge on any atom is 0.0973 e. The first kappa shape index (κ1) is 15.0. The highest BCUT2D eigenvalue weighted by atomic mass is 35.5. The maximum atomic E-state index is 6.02. The lowest BCUT2D eigenvalue weighted by atomic mass is 10.0. The molecule has 0 radical (unpaired) electrons. The Kier molecular flexibility index (Phi) is 5.53. The van der Waals surface area contributed by atoms with E-state index in [0.29, 0.717) is 11.6 Å². The summed E-state index contributed by atoms with van der Waals surface area (Å²) in [5, 5.41) is 0.696. The van der Waals surface area contributed by atoms with Crippen LogP contribution in [0.25, 0.3) is 0 Å². The Labute approximate surface area is 124 Å². The van der Waals surface area contributed by atoms with Crippen LogP contribution in [0.5, 0.6) is 0 Å². The summed E-state index contributed by atoms with van der Waals surface area (Å²) < 4.78 is 5.92. The van der Waals surface area contributed by atoms with Gasteiger partial charge in [0.25, 0.3) is 0 Å². The van der Waals surface area contributed by atoms with Gasteiger partial charge in [0.15, 0.2) is 0 Å². The van der Waals surface area contributed by atoms with Crippen LogP contribution in [0.15, 0.2) is 48.7 Å². The number of aromatic nitrogens is 1. The van der Waals surface area contributed by atoms with Gasteiger partial charge in [0.1, 0.15) is 0 Å². The van der Waals surface area contributed by atoms with Crippen molar-refractivity contribution in [3.8, 4) is 0 Å². The Bertz CT molecular complexity index is 531. The summed E-state index contributed by atoms with van der Waals surface area (Å²) in [6, 6.07) is 13.4. The number of nitrogens with two attached hydrogens (primary N) is 1. The van der Waals surface area contributed by atoms with Crippen LogP contribution < -0.4 is 5.73 Å². The molecular formula is C16H19ClN2O. The zero-order valence-corrected chi connectivity index (χ0v) is 12.3. The molecule has 106 valence electrons.